The highest BCUT2D eigenvalue weighted by Crippen LogP contribution is 2.18. The zero-order chi connectivity index (χ0) is 13.1. The molecule has 0 aliphatic carbocycles. The van der Waals surface area contributed by atoms with Crippen molar-refractivity contribution < 1.29 is 9.52 Å². The van der Waals surface area contributed by atoms with Crippen molar-refractivity contribution in [1.29, 1.82) is 0 Å². The monoisotopic (exact) mass is 249 g/mol. The summed E-state index contributed by atoms with van der Waals surface area (Å²) in [4.78, 5) is 0. The Kier molecular flexibility index (Phi) is 2.99. The summed E-state index contributed by atoms with van der Waals surface area (Å²) in [5.41, 5.74) is 2.92. The number of benzene rings is 2. The van der Waals surface area contributed by atoms with Gasteiger partial charge in [-0.05, 0) is 35.9 Å². The molecule has 0 radical (unpaired) electrons. The molecule has 1 heterocycles. The molecule has 2 heteroatoms. The van der Waals surface area contributed by atoms with Gasteiger partial charge in [0.25, 0.3) is 0 Å². The second kappa shape index (κ2) is 4.94. The molecule has 2 nitrogen and oxygen atoms in total. The standard InChI is InChI=1S/C17H12O2/c18-16-9-7-13(8-10-16)5-6-14-11-15-3-1-2-4-17(15)19-12-14/h1-12H/p+1/b6-5+. The molecule has 1 N–H and O–H groups in total. The molecule has 0 atom stereocenters. The first-order valence-electron chi connectivity index (χ1n) is 6.09. The van der Waals surface area contributed by atoms with E-state index in [1.807, 2.05) is 48.6 Å². The first kappa shape index (κ1) is 11.5. The largest absolute Gasteiger partial charge is 0.508 e. The van der Waals surface area contributed by atoms with Crippen LogP contribution in [0.1, 0.15) is 11.1 Å². The Balaban J connectivity index is 1.90. The third-order valence-corrected chi connectivity index (χ3v) is 2.92. The van der Waals surface area contributed by atoms with Crippen LogP contribution < -0.4 is 0 Å². The highest BCUT2D eigenvalue weighted by atomic mass is 16.3. The van der Waals surface area contributed by atoms with E-state index in [0.29, 0.717) is 0 Å². The second-order valence-electron chi connectivity index (χ2n) is 4.34. The van der Waals surface area contributed by atoms with Crippen molar-refractivity contribution in [2.45, 2.75) is 0 Å². The molecule has 0 saturated heterocycles. The van der Waals surface area contributed by atoms with E-state index in [4.69, 9.17) is 4.42 Å². The zero-order valence-corrected chi connectivity index (χ0v) is 10.3. The van der Waals surface area contributed by atoms with Crippen molar-refractivity contribution in [3.05, 3.63) is 72.0 Å². The minimum absolute atomic E-state index is 0.276. The van der Waals surface area contributed by atoms with Crippen molar-refractivity contribution in [1.82, 2.24) is 0 Å². The van der Waals surface area contributed by atoms with Crippen molar-refractivity contribution in [3.63, 3.8) is 0 Å². The van der Waals surface area contributed by atoms with E-state index in [1.165, 1.54) is 0 Å². The van der Waals surface area contributed by atoms with Crippen LogP contribution in [0.15, 0.2) is 65.3 Å². The number of aromatic hydroxyl groups is 1. The van der Waals surface area contributed by atoms with Crippen LogP contribution in [0.2, 0.25) is 0 Å². The van der Waals surface area contributed by atoms with E-state index in [9.17, 15) is 5.11 Å². The summed E-state index contributed by atoms with van der Waals surface area (Å²) >= 11 is 0. The molecule has 0 aliphatic heterocycles. The van der Waals surface area contributed by atoms with Crippen LogP contribution in [0.25, 0.3) is 23.1 Å². The molecule has 0 saturated carbocycles. The second-order valence-corrected chi connectivity index (χ2v) is 4.34. The molecule has 0 fully saturated rings. The third-order valence-electron chi connectivity index (χ3n) is 2.92. The van der Waals surface area contributed by atoms with Gasteiger partial charge in [0.05, 0.1) is 10.9 Å². The van der Waals surface area contributed by atoms with Gasteiger partial charge in [-0.1, -0.05) is 30.3 Å². The molecule has 92 valence electrons. The summed E-state index contributed by atoms with van der Waals surface area (Å²) in [6.07, 6.45) is 5.71. The van der Waals surface area contributed by atoms with Gasteiger partial charge in [0.15, 0.2) is 0 Å². The molecule has 0 bridgehead atoms. The van der Waals surface area contributed by atoms with Gasteiger partial charge in [-0.3, -0.25) is 0 Å². The molecule has 3 rings (SSSR count). The minimum Gasteiger partial charge on any atom is -0.508 e. The summed E-state index contributed by atoms with van der Waals surface area (Å²) in [5, 5.41) is 10.3. The summed E-state index contributed by atoms with van der Waals surface area (Å²) < 4.78 is 5.56. The number of para-hydroxylation sites is 1. The van der Waals surface area contributed by atoms with E-state index in [2.05, 4.69) is 6.07 Å². The normalized spacial score (nSPS) is 11.2. The molecule has 19 heavy (non-hydrogen) atoms. The molecule has 0 spiro atoms. The van der Waals surface area contributed by atoms with Gasteiger partial charge in [-0.15, -0.1) is 0 Å². The number of hydrogen-bond donors (Lipinski definition) is 1. The zero-order valence-electron chi connectivity index (χ0n) is 10.3. The van der Waals surface area contributed by atoms with Gasteiger partial charge in [-0.2, -0.15) is 0 Å². The van der Waals surface area contributed by atoms with Gasteiger partial charge in [0, 0.05) is 6.07 Å². The fraction of sp³-hybridized carbons (Fsp3) is 0. The minimum atomic E-state index is 0.276. The van der Waals surface area contributed by atoms with Crippen molar-refractivity contribution in [2.75, 3.05) is 0 Å². The quantitative estimate of drug-likeness (QED) is 0.673. The smallest absolute Gasteiger partial charge is 0.359 e. The Labute approximate surface area is 111 Å². The van der Waals surface area contributed by atoms with Gasteiger partial charge >= 0.3 is 11.8 Å². The summed E-state index contributed by atoms with van der Waals surface area (Å²) in [6, 6.07) is 17.1. The van der Waals surface area contributed by atoms with E-state index in [0.717, 1.165) is 22.1 Å². The lowest BCUT2D eigenvalue weighted by molar-refractivity contribution is 0.475. The lowest BCUT2D eigenvalue weighted by Gasteiger charge is -1.94. The Hall–Kier alpha value is -2.61. The molecule has 0 amide bonds. The first-order valence-corrected chi connectivity index (χ1v) is 6.09. The molecule has 0 aliphatic rings. The predicted molar refractivity (Wildman–Crippen MR) is 77.7 cm³/mol. The third kappa shape index (κ3) is 2.63. The van der Waals surface area contributed by atoms with Crippen LogP contribution in [0.4, 0.5) is 0 Å². The molecular weight excluding hydrogens is 236 g/mol. The fourth-order valence-corrected chi connectivity index (χ4v) is 1.92. The Bertz CT molecular complexity index is 728. The van der Waals surface area contributed by atoms with Crippen LogP contribution in [-0.2, 0) is 0 Å². The van der Waals surface area contributed by atoms with Gasteiger partial charge < -0.3 is 5.11 Å². The fourth-order valence-electron chi connectivity index (χ4n) is 1.92. The van der Waals surface area contributed by atoms with E-state index < -0.39 is 0 Å². The number of phenolic OH excluding ortho intramolecular Hbond substituents is 1. The predicted octanol–water partition coefficient (Wildman–Crippen LogP) is 4.59. The Morgan fingerprint density at radius 1 is 0.842 bits per heavy atom. The average molecular weight is 249 g/mol. The number of rotatable bonds is 2. The summed E-state index contributed by atoms with van der Waals surface area (Å²) in [5.74, 6) is 0.276. The van der Waals surface area contributed by atoms with Crippen LogP contribution in [0, 0.1) is 0 Å². The van der Waals surface area contributed by atoms with Gasteiger partial charge in [0.1, 0.15) is 5.75 Å². The highest BCUT2D eigenvalue weighted by Gasteiger charge is 2.05. The lowest BCUT2D eigenvalue weighted by atomic mass is 10.1. The summed E-state index contributed by atoms with van der Waals surface area (Å²) in [6.45, 7) is 0. The highest BCUT2D eigenvalue weighted by molar-refractivity contribution is 5.80. The maximum absolute atomic E-state index is 9.22. The average Bonchev–Trinajstić information content (AvgIpc) is 2.46. The van der Waals surface area contributed by atoms with Crippen LogP contribution in [0.3, 0.4) is 0 Å². The van der Waals surface area contributed by atoms with Crippen LogP contribution in [0.5, 0.6) is 5.75 Å². The van der Waals surface area contributed by atoms with Crippen molar-refractivity contribution >= 4 is 23.1 Å². The maximum Gasteiger partial charge on any atom is 0.359 e. The van der Waals surface area contributed by atoms with Gasteiger partial charge in [0.2, 0.25) is 0 Å². The SMILES string of the molecule is Oc1ccc(/C=C/c2c[o+]c3ccccc3c2)cc1. The van der Waals surface area contributed by atoms with E-state index >= 15 is 0 Å². The molecule has 2 aromatic carbocycles. The molecule has 0 unspecified atom stereocenters. The van der Waals surface area contributed by atoms with Crippen molar-refractivity contribution in [3.8, 4) is 5.75 Å². The first-order chi connectivity index (χ1) is 9.31. The number of hydrogen-bond acceptors (Lipinski definition) is 1. The topological polar surface area (TPSA) is 31.5 Å². The summed E-state index contributed by atoms with van der Waals surface area (Å²) in [7, 11) is 0. The molecular formula is C17H13O2+. The Morgan fingerprint density at radius 3 is 2.42 bits per heavy atom. The van der Waals surface area contributed by atoms with E-state index in [1.54, 1.807) is 18.4 Å². The van der Waals surface area contributed by atoms with Crippen molar-refractivity contribution in [2.24, 2.45) is 0 Å². The maximum atomic E-state index is 9.22. The molecule has 3 aromatic rings. The Morgan fingerprint density at radius 2 is 1.58 bits per heavy atom. The molecule has 1 aromatic heterocycles. The van der Waals surface area contributed by atoms with Gasteiger partial charge in [-0.25, -0.2) is 4.42 Å². The number of fused-ring (bicyclic) bond motifs is 1. The van der Waals surface area contributed by atoms with Crippen LogP contribution >= 0.6 is 0 Å². The van der Waals surface area contributed by atoms with E-state index in [-0.39, 0.29) is 5.75 Å². The van der Waals surface area contributed by atoms with Crippen LogP contribution in [-0.4, -0.2) is 5.11 Å². The number of phenols is 1. The lowest BCUT2D eigenvalue weighted by Crippen LogP contribution is -1.75.